The Kier molecular flexibility index (Phi) is 49.8. The van der Waals surface area contributed by atoms with E-state index in [1.54, 1.807) is 132 Å². The van der Waals surface area contributed by atoms with Gasteiger partial charge in [-0.25, -0.2) is 51.8 Å². The van der Waals surface area contributed by atoms with Crippen LogP contribution in [0, 0.1) is 68.2 Å². The summed E-state index contributed by atoms with van der Waals surface area (Å²) >= 11 is 0. The Balaban J connectivity index is 0.000000472. The van der Waals surface area contributed by atoms with Crippen LogP contribution in [0.15, 0.2) is 226 Å². The summed E-state index contributed by atoms with van der Waals surface area (Å²) in [6, 6.07) is 62.1. The minimum Gasteiger partial charge on any atom is -0.494 e. The first-order chi connectivity index (χ1) is 57.9. The number of hydrogen-bond donors (Lipinski definition) is 5. The van der Waals surface area contributed by atoms with Crippen molar-refractivity contribution < 1.29 is 91.3 Å². The second-order valence-corrected chi connectivity index (χ2v) is 37.8. The van der Waals surface area contributed by atoms with Gasteiger partial charge >= 0.3 is 0 Å². The molecule has 0 spiro atoms. The van der Waals surface area contributed by atoms with Crippen molar-refractivity contribution in [2.45, 2.75) is 173 Å². The van der Waals surface area contributed by atoms with Gasteiger partial charge in [0.1, 0.15) is 22.9 Å². The normalized spacial score (nSPS) is 13.6. The molecule has 123 heavy (non-hydrogen) atoms. The molecular formula is C95H135FN4O19S4. The third kappa shape index (κ3) is 40.9. The fraction of sp³-hybridized carbons (Fsp3) is 0.421. The van der Waals surface area contributed by atoms with E-state index >= 15 is 0 Å². The molecule has 0 bridgehead atoms. The second-order valence-electron chi connectivity index (χ2n) is 30.1. The number of halogens is 1. The van der Waals surface area contributed by atoms with Crippen LogP contribution >= 0.6 is 0 Å². The third-order valence-electron chi connectivity index (χ3n) is 18.2. The van der Waals surface area contributed by atoms with E-state index in [4.69, 9.17) is 48.5 Å². The number of carbonyl (C=O) groups excluding carboxylic acids is 1. The summed E-state index contributed by atoms with van der Waals surface area (Å²) in [5.74, 6) is 4.91. The molecule has 1 saturated carbocycles. The number of aryl methyl sites for hydroxylation is 9. The second kappa shape index (κ2) is 55.8. The average molecular weight is 1780 g/mol. The summed E-state index contributed by atoms with van der Waals surface area (Å²) in [4.78, 5) is 14.0. The quantitative estimate of drug-likeness (QED) is 0.0272. The standard InChI is InChI=1S/C13H17FO2S.2C12H19NO3S.C11H17NO4S.C10H13NO.C10H14O3.3C9H12O/c1-10-3-5-11(6-4-10)17(15,16)12-7-8-13(2,14)9-12;1-10-4-6-12(7-5-10)17(15,16)13(3)8-11(2)9-14;1-3-9-16-10-8-13-17(14,15)12-6-4-11(2)5-7-12;1-9-3-5-10(6-4-9)17(15,16)12-11(2,7-13)8-14;1-8-4-6-9(7-5-8)10(12)11(2)3;1-7-5-8(11-2)10(13-4)9(6-7)12-3;1-3-10-9-6-4-8(2)5-7-9;1-3-10-9-6-4-5-8(2)7-9;1-3-10-9-7-5-4-6-8(9)2/h3-6,12H,7-9H2,1-2H3;4-7,11,14H,8-9H2,1-3H3;4-7,13H,3,8-10H2,1-2H3;3-6,12-14H,7-8H2,1-2H3;4-7H,1-3H3;5-6H,1-4H3;3*4-7H,3H2,1-2H3. The number of hydrogen-bond acceptors (Lipinski definition) is 19. The molecule has 0 aliphatic heterocycles. The summed E-state index contributed by atoms with van der Waals surface area (Å²) < 4.78 is 153. The van der Waals surface area contributed by atoms with Gasteiger partial charge in [-0.3, -0.25) is 4.79 Å². The predicted octanol–water partition coefficient (Wildman–Crippen LogP) is 16.9. The fourth-order valence-electron chi connectivity index (χ4n) is 11.0. The van der Waals surface area contributed by atoms with Crippen LogP contribution in [0.2, 0.25) is 0 Å². The number of aliphatic hydroxyl groups is 3. The van der Waals surface area contributed by atoms with Crippen molar-refractivity contribution in [1.82, 2.24) is 18.6 Å². The summed E-state index contributed by atoms with van der Waals surface area (Å²) in [6.45, 7) is 33.4. The molecule has 680 valence electrons. The molecule has 10 rings (SSSR count). The number of amides is 1. The zero-order valence-corrected chi connectivity index (χ0v) is 79.2. The molecule has 1 fully saturated rings. The number of para-hydroxylation sites is 1. The van der Waals surface area contributed by atoms with Gasteiger partial charge < -0.3 is 53.4 Å². The molecule has 0 heterocycles. The van der Waals surface area contributed by atoms with E-state index in [1.807, 2.05) is 179 Å². The van der Waals surface area contributed by atoms with Gasteiger partial charge in [-0.1, -0.05) is 150 Å². The zero-order chi connectivity index (χ0) is 92.7. The number of ether oxygens (including phenoxy) is 7. The van der Waals surface area contributed by atoms with Crippen molar-refractivity contribution in [1.29, 1.82) is 0 Å². The molecule has 0 saturated heterocycles. The van der Waals surface area contributed by atoms with Crippen LogP contribution in [0.25, 0.3) is 0 Å². The van der Waals surface area contributed by atoms with Gasteiger partial charge in [0.2, 0.25) is 35.8 Å². The van der Waals surface area contributed by atoms with Gasteiger partial charge in [0.05, 0.1) is 91.3 Å². The lowest BCUT2D eigenvalue weighted by atomic mass is 10.1. The zero-order valence-electron chi connectivity index (χ0n) is 76.0. The van der Waals surface area contributed by atoms with Crippen molar-refractivity contribution in [3.8, 4) is 34.5 Å². The summed E-state index contributed by atoms with van der Waals surface area (Å²) in [5, 5.41) is 26.5. The lowest BCUT2D eigenvalue weighted by molar-refractivity contribution is 0.0827. The Morgan fingerprint density at radius 3 is 1.36 bits per heavy atom. The largest absolute Gasteiger partial charge is 0.494 e. The number of benzene rings is 9. The number of carbonyl (C=O) groups is 1. The topological polar surface area (TPSA) is 309 Å². The van der Waals surface area contributed by atoms with Crippen molar-refractivity contribution in [3.63, 3.8) is 0 Å². The van der Waals surface area contributed by atoms with Gasteiger partial charge in [0, 0.05) is 53.0 Å². The van der Waals surface area contributed by atoms with Crippen LogP contribution in [0.5, 0.6) is 34.5 Å². The van der Waals surface area contributed by atoms with Crippen molar-refractivity contribution in [2.75, 3.05) is 108 Å². The SMILES string of the molecule is CCCOCCNS(=O)(=O)c1ccc(C)cc1.CCOc1ccc(C)cc1.CCOc1cccc(C)c1.CCOc1ccccc1C.COc1cc(C)cc(OC)c1OC.Cc1ccc(C(=O)N(C)C)cc1.Cc1ccc(S(=O)(=O)C2CCC(C)(F)C2)cc1.Cc1ccc(S(=O)(=O)N(C)CC(C)CO)cc1.Cc1ccc(S(=O)(=O)NC(C)(CO)CO)cc1. The van der Waals surface area contributed by atoms with Gasteiger partial charge in [-0.05, 0) is 248 Å². The lowest BCUT2D eigenvalue weighted by Gasteiger charge is -2.25. The number of rotatable bonds is 29. The maximum absolute atomic E-state index is 13.7. The monoisotopic (exact) mass is 1780 g/mol. The van der Waals surface area contributed by atoms with Gasteiger partial charge in [-0.15, -0.1) is 0 Å². The van der Waals surface area contributed by atoms with E-state index < -0.39 is 69.6 Å². The molecule has 23 nitrogen and oxygen atoms in total. The fourth-order valence-corrected chi connectivity index (χ4v) is 16.6. The molecule has 3 atom stereocenters. The first-order valence-electron chi connectivity index (χ1n) is 40.6. The Morgan fingerprint density at radius 2 is 0.951 bits per heavy atom. The van der Waals surface area contributed by atoms with Crippen molar-refractivity contribution in [3.05, 3.63) is 262 Å². The number of aliphatic hydroxyl groups excluding tert-OH is 3. The van der Waals surface area contributed by atoms with Crippen LogP contribution in [0.4, 0.5) is 4.39 Å². The van der Waals surface area contributed by atoms with Crippen LogP contribution in [-0.2, 0) is 44.6 Å². The first kappa shape index (κ1) is 110. The Labute approximate surface area is 734 Å². The van der Waals surface area contributed by atoms with Crippen LogP contribution in [0.3, 0.4) is 0 Å². The van der Waals surface area contributed by atoms with Crippen LogP contribution in [0.1, 0.15) is 135 Å². The number of nitrogens with one attached hydrogen (secondary N) is 2. The highest BCUT2D eigenvalue weighted by Gasteiger charge is 2.42. The van der Waals surface area contributed by atoms with E-state index in [9.17, 15) is 42.9 Å². The molecule has 9 aromatic carbocycles. The predicted molar refractivity (Wildman–Crippen MR) is 491 cm³/mol. The Hall–Kier alpha value is -9.30. The van der Waals surface area contributed by atoms with E-state index in [0.29, 0.717) is 66.2 Å². The van der Waals surface area contributed by atoms with E-state index in [-0.39, 0.29) is 34.6 Å². The first-order valence-corrected chi connectivity index (χ1v) is 46.6. The molecule has 5 N–H and O–H groups in total. The minimum atomic E-state index is -3.73. The van der Waals surface area contributed by atoms with E-state index in [2.05, 4.69) is 29.4 Å². The number of alkyl halides is 1. The van der Waals surface area contributed by atoms with Gasteiger partial charge in [0.25, 0.3) is 5.91 Å². The Morgan fingerprint density at radius 1 is 0.512 bits per heavy atom. The molecule has 1 aliphatic carbocycles. The summed E-state index contributed by atoms with van der Waals surface area (Å²) in [5.41, 5.74) is 8.14. The Bertz CT molecular complexity index is 4960. The lowest BCUT2D eigenvalue weighted by Crippen LogP contribution is -2.51. The van der Waals surface area contributed by atoms with Crippen LogP contribution < -0.4 is 37.9 Å². The highest BCUT2D eigenvalue weighted by Crippen LogP contribution is 2.40. The van der Waals surface area contributed by atoms with Gasteiger partial charge in [0.15, 0.2) is 21.3 Å². The molecular weight excluding hydrogens is 1650 g/mol. The van der Waals surface area contributed by atoms with E-state index in [0.717, 1.165) is 76.9 Å². The van der Waals surface area contributed by atoms with Crippen molar-refractivity contribution >= 4 is 45.8 Å². The molecule has 0 radical (unpaired) electrons. The molecule has 28 heteroatoms. The number of sulfonamides is 3. The molecule has 0 aromatic heterocycles. The van der Waals surface area contributed by atoms with Gasteiger partial charge in [-0.2, -0.15) is 0 Å². The number of nitrogens with zero attached hydrogens (tertiary/aromatic N) is 2. The molecule has 1 amide bonds. The van der Waals surface area contributed by atoms with Crippen molar-refractivity contribution in [2.24, 2.45) is 5.92 Å². The highest BCUT2D eigenvalue weighted by atomic mass is 32.2. The summed E-state index contributed by atoms with van der Waals surface area (Å²) in [7, 11) is -4.09. The smallest absolute Gasteiger partial charge is 0.253 e. The number of sulfone groups is 1. The minimum absolute atomic E-state index is 0.0201. The summed E-state index contributed by atoms with van der Waals surface area (Å²) in [6.07, 6.45) is 1.81. The maximum atomic E-state index is 13.7. The highest BCUT2D eigenvalue weighted by molar-refractivity contribution is 7.92. The molecule has 9 aromatic rings. The molecule has 1 aliphatic rings. The van der Waals surface area contributed by atoms with E-state index in [1.165, 1.54) is 59.6 Å². The molecule has 3 unspecified atom stereocenters. The maximum Gasteiger partial charge on any atom is 0.253 e. The third-order valence-corrected chi connectivity index (χ3v) is 25.4. The number of methoxy groups -OCH3 is 3. The average Bonchev–Trinajstić information content (AvgIpc) is 1.70. The van der Waals surface area contributed by atoms with Crippen LogP contribution in [-0.4, -0.2) is 189 Å².